The van der Waals surface area contributed by atoms with Gasteiger partial charge in [0.1, 0.15) is 0 Å². The number of anilines is 2. The van der Waals surface area contributed by atoms with Gasteiger partial charge in [0.05, 0.1) is 89.3 Å². The number of hydrogen-bond donors (Lipinski definition) is 0. The molecular weight excluding hydrogens is 1830 g/mol. The first-order chi connectivity index (χ1) is 74.4. The van der Waals surface area contributed by atoms with Crippen LogP contribution in [-0.4, -0.2) is 58.8 Å². The Hall–Kier alpha value is -19.6. The quantitative estimate of drug-likeness (QED) is 0.101. The maximum Gasteiger partial charge on any atom is 0.160 e. The van der Waals surface area contributed by atoms with Gasteiger partial charge in [-0.15, -0.1) is 0 Å². The molecule has 8 aromatic heterocycles. The molecule has 2 atom stereocenters. The third-order valence-corrected chi connectivity index (χ3v) is 30.3. The number of benzene rings is 20. The average molecular weight is 1920 g/mol. The van der Waals surface area contributed by atoms with Crippen LogP contribution in [0.15, 0.2) is 522 Å². The van der Waals surface area contributed by atoms with E-state index in [0.717, 1.165) is 118 Å². The standard InChI is InChI=1S/C46H30N4.C46H36N4.C46H30N4/c1-4-14-31(15-5-1)40-30-41(48-46(47-40)33-16-6-2-7-17-33)32-24-26-35(27-25-32)50-43-23-13-11-21-37(43)39-28-44-38(29-45(39)50)36-20-10-12-22-42(36)49(44)34-18-8-3-9-19-34;1-4-14-31(15-5-1)40-29-41(48-46(47-40)33-16-6-2-7-17-33)32-24-26-35(27-25-32)50-43-23-13-11-21-37(43)39-28-38-36-20-10-12-22-42(36)49(44(38)30-45(39)50)34-18-8-3-9-19-34;1-4-14-31(15-5-1)39-30-40(48-46(47-39)33-16-6-2-7-17-33)32-24-26-35(27-25-32)50-41-22-12-10-20-36(41)37-28-29-43-44(45(37)50)38-21-11-13-23-42(38)49(43)34-18-8-3-9-19-34/h1-30H;1-9,11,13-19,21,23-30,36,42H,10,12,20,22H2;1-30H. The molecule has 708 valence electrons. The molecule has 0 bridgehead atoms. The Morgan fingerprint density at radius 1 is 0.173 bits per heavy atom. The largest absolute Gasteiger partial charge is 0.337 e. The number of aromatic nitrogens is 11. The second-order valence-corrected chi connectivity index (χ2v) is 39.0. The molecule has 30 rings (SSSR count). The van der Waals surface area contributed by atoms with Crippen molar-refractivity contribution in [3.05, 3.63) is 527 Å². The zero-order valence-corrected chi connectivity index (χ0v) is 82.0. The highest BCUT2D eigenvalue weighted by molar-refractivity contribution is 6.27. The number of rotatable bonds is 15. The summed E-state index contributed by atoms with van der Waals surface area (Å²) < 4.78 is 12.1. The summed E-state index contributed by atoms with van der Waals surface area (Å²) in [4.78, 5) is 32.8. The second-order valence-electron chi connectivity index (χ2n) is 39.0. The lowest BCUT2D eigenvalue weighted by molar-refractivity contribution is 0.402. The van der Waals surface area contributed by atoms with E-state index < -0.39 is 0 Å². The fraction of sp³-hybridized carbons (Fsp3) is 0.0435. The van der Waals surface area contributed by atoms with Crippen LogP contribution in [0.25, 0.3) is 239 Å². The molecule has 12 nitrogen and oxygen atoms in total. The van der Waals surface area contributed by atoms with Gasteiger partial charge in [-0.1, -0.05) is 383 Å². The molecule has 2 aliphatic rings. The van der Waals surface area contributed by atoms with E-state index in [1.165, 1.54) is 152 Å². The van der Waals surface area contributed by atoms with Crippen LogP contribution < -0.4 is 4.90 Å². The van der Waals surface area contributed by atoms with E-state index in [2.05, 4.69) is 452 Å². The topological polar surface area (TPSA) is 105 Å². The monoisotopic (exact) mass is 1920 g/mol. The summed E-state index contributed by atoms with van der Waals surface area (Å²) in [6, 6.07) is 186. The maximum absolute atomic E-state index is 5.08. The first-order valence-corrected chi connectivity index (χ1v) is 51.7. The molecule has 12 heteroatoms. The Bertz CT molecular complexity index is 9800. The normalized spacial score (nSPS) is 13.3. The lowest BCUT2D eigenvalue weighted by Gasteiger charge is -2.33. The molecule has 1 saturated carbocycles. The van der Waals surface area contributed by atoms with E-state index >= 15 is 0 Å². The lowest BCUT2D eigenvalue weighted by Crippen LogP contribution is -2.32. The van der Waals surface area contributed by atoms with Crippen LogP contribution in [-0.2, 0) is 0 Å². The van der Waals surface area contributed by atoms with Gasteiger partial charge in [0.2, 0.25) is 0 Å². The first kappa shape index (κ1) is 88.2. The van der Waals surface area contributed by atoms with Crippen molar-refractivity contribution in [3.8, 4) is 130 Å². The molecule has 0 amide bonds. The fourth-order valence-electron chi connectivity index (χ4n) is 23.4. The van der Waals surface area contributed by atoms with Gasteiger partial charge in [-0.3, -0.25) is 0 Å². The highest BCUT2D eigenvalue weighted by atomic mass is 15.2. The van der Waals surface area contributed by atoms with Crippen molar-refractivity contribution < 1.29 is 0 Å². The van der Waals surface area contributed by atoms with Gasteiger partial charge < -0.3 is 27.7 Å². The summed E-state index contributed by atoms with van der Waals surface area (Å²) in [7, 11) is 0. The zero-order chi connectivity index (χ0) is 99.1. The number of fused-ring (bicyclic) bond motifs is 19. The summed E-state index contributed by atoms with van der Waals surface area (Å²) in [6.45, 7) is 0. The Labute approximate surface area is 867 Å². The smallest absolute Gasteiger partial charge is 0.160 e. The molecule has 1 fully saturated rings. The fourth-order valence-corrected chi connectivity index (χ4v) is 23.4. The van der Waals surface area contributed by atoms with Gasteiger partial charge in [-0.25, -0.2) is 29.9 Å². The third kappa shape index (κ3) is 15.6. The highest BCUT2D eigenvalue weighted by Gasteiger charge is 2.42. The summed E-state index contributed by atoms with van der Waals surface area (Å²) in [5.41, 5.74) is 36.6. The highest BCUT2D eigenvalue weighted by Crippen LogP contribution is 2.54. The van der Waals surface area contributed by atoms with E-state index in [9.17, 15) is 0 Å². The van der Waals surface area contributed by atoms with Gasteiger partial charge >= 0.3 is 0 Å². The molecule has 0 saturated heterocycles. The van der Waals surface area contributed by atoms with E-state index in [-0.39, 0.29) is 0 Å². The summed E-state index contributed by atoms with van der Waals surface area (Å²) in [5.74, 6) is 2.72. The van der Waals surface area contributed by atoms with Crippen molar-refractivity contribution in [3.63, 3.8) is 0 Å². The van der Waals surface area contributed by atoms with Gasteiger partial charge in [-0.2, -0.15) is 0 Å². The minimum Gasteiger partial charge on any atom is -0.337 e. The van der Waals surface area contributed by atoms with Crippen molar-refractivity contribution in [2.75, 3.05) is 4.90 Å². The summed E-state index contributed by atoms with van der Waals surface area (Å²) >= 11 is 0. The zero-order valence-electron chi connectivity index (χ0n) is 82.0. The van der Waals surface area contributed by atoms with E-state index in [0.29, 0.717) is 23.6 Å². The van der Waals surface area contributed by atoms with Crippen molar-refractivity contribution in [2.24, 2.45) is 0 Å². The van der Waals surface area contributed by atoms with Gasteiger partial charge in [0.25, 0.3) is 0 Å². The van der Waals surface area contributed by atoms with Crippen molar-refractivity contribution in [2.45, 2.75) is 37.6 Å². The second kappa shape index (κ2) is 37.6. The van der Waals surface area contributed by atoms with Crippen LogP contribution in [0.1, 0.15) is 37.2 Å². The van der Waals surface area contributed by atoms with Crippen LogP contribution in [0.2, 0.25) is 0 Å². The predicted octanol–water partition coefficient (Wildman–Crippen LogP) is 35.1. The summed E-state index contributed by atoms with van der Waals surface area (Å²) in [5, 5.41) is 12.5. The lowest BCUT2D eigenvalue weighted by atomic mass is 9.82. The number of nitrogens with zero attached hydrogens (tertiary/aromatic N) is 12. The Balaban J connectivity index is 0.000000108. The molecule has 0 N–H and O–H groups in total. The van der Waals surface area contributed by atoms with Crippen LogP contribution in [0.5, 0.6) is 0 Å². The van der Waals surface area contributed by atoms with Crippen molar-refractivity contribution >= 4 is 120 Å². The molecule has 2 unspecified atom stereocenters. The molecule has 150 heavy (non-hydrogen) atoms. The Morgan fingerprint density at radius 2 is 0.440 bits per heavy atom. The first-order valence-electron chi connectivity index (χ1n) is 51.7. The molecule has 0 spiro atoms. The van der Waals surface area contributed by atoms with Crippen LogP contribution in [0.3, 0.4) is 0 Å². The van der Waals surface area contributed by atoms with Gasteiger partial charge in [-0.05, 0) is 170 Å². The molecule has 20 aromatic carbocycles. The predicted molar refractivity (Wildman–Crippen MR) is 620 cm³/mol. The molecule has 1 aliphatic heterocycles. The maximum atomic E-state index is 5.08. The van der Waals surface area contributed by atoms with E-state index in [4.69, 9.17) is 29.9 Å². The molecule has 1 aliphatic carbocycles. The average Bonchev–Trinajstić information content (AvgIpc) is 1.54. The van der Waals surface area contributed by atoms with Gasteiger partial charge in [0, 0.05) is 156 Å². The SMILES string of the molecule is c1ccc(-c2cc(-c3ccc(-n4c5ccccc5c5cc6c(cc54)N(c4ccccc4)C4CCCCC64)cc3)nc(-c3ccccc3)n2)cc1.c1ccc(-c2cc(-c3ccc(-n4c5ccccc5c5cc6c(cc54)c4ccccc4n6-c4ccccc4)cc3)nc(-c3ccccc3)n2)cc1.c1ccc(-c2cc(-c3ccc(-n4c5ccccc5c5ccc6c(c7ccccc7n6-c6ccccc6)c54)cc3)nc(-c3ccccc3)n2)cc1. The third-order valence-electron chi connectivity index (χ3n) is 30.3. The summed E-state index contributed by atoms with van der Waals surface area (Å²) in [6.07, 6.45) is 5.10. The van der Waals surface area contributed by atoms with Gasteiger partial charge in [0.15, 0.2) is 17.5 Å². The Morgan fingerprint density at radius 3 is 0.813 bits per heavy atom. The van der Waals surface area contributed by atoms with Crippen molar-refractivity contribution in [1.29, 1.82) is 0 Å². The van der Waals surface area contributed by atoms with E-state index in [1.54, 1.807) is 0 Å². The molecular formula is C138H96N12. The van der Waals surface area contributed by atoms with Crippen molar-refractivity contribution in [1.82, 2.24) is 52.7 Å². The molecule has 0 radical (unpaired) electrons. The minimum atomic E-state index is 0.515. The number of hydrogen-bond acceptors (Lipinski definition) is 7. The Kier molecular flexibility index (Phi) is 22.1. The van der Waals surface area contributed by atoms with Crippen LogP contribution in [0.4, 0.5) is 11.4 Å². The molecule has 28 aromatic rings. The van der Waals surface area contributed by atoms with E-state index in [1.807, 2.05) is 97.1 Å². The van der Waals surface area contributed by atoms with Crippen LogP contribution in [0, 0.1) is 0 Å². The minimum absolute atomic E-state index is 0.515. The van der Waals surface area contributed by atoms with Crippen LogP contribution >= 0.6 is 0 Å². The molecule has 9 heterocycles. The number of para-hydroxylation sites is 8.